The molecule has 7 aromatic rings. The Balaban J connectivity index is 1.60. The molecule has 0 atom stereocenters. The molecule has 7 aromatic carbocycles. The van der Waals surface area contributed by atoms with Gasteiger partial charge in [0, 0.05) is 33.5 Å². The van der Waals surface area contributed by atoms with E-state index >= 15 is 0 Å². The molecular weight excluding hydrogens is 532 g/mol. The zero-order valence-corrected chi connectivity index (χ0v) is 26.6. The lowest BCUT2D eigenvalue weighted by Crippen LogP contribution is -2.12. The van der Waals surface area contributed by atoms with E-state index in [1.165, 1.54) is 65.9 Å². The second kappa shape index (κ2) is 11.0. The molecule has 0 heterocycles. The molecule has 0 unspecified atom stereocenters. The van der Waals surface area contributed by atoms with Crippen LogP contribution >= 0.6 is 0 Å². The molecule has 1 N–H and O–H groups in total. The van der Waals surface area contributed by atoms with Gasteiger partial charge in [-0.15, -0.1) is 0 Å². The van der Waals surface area contributed by atoms with Gasteiger partial charge in [0.2, 0.25) is 0 Å². The molecule has 0 aliphatic heterocycles. The minimum Gasteiger partial charge on any atom is -0.355 e. The van der Waals surface area contributed by atoms with Crippen LogP contribution in [0.25, 0.3) is 32.3 Å². The predicted molar refractivity (Wildman–Crippen MR) is 192 cm³/mol. The van der Waals surface area contributed by atoms with Crippen LogP contribution in [0.4, 0.5) is 28.4 Å². The Kier molecular flexibility index (Phi) is 7.01. The van der Waals surface area contributed by atoms with Crippen LogP contribution in [-0.2, 0) is 0 Å². The van der Waals surface area contributed by atoms with E-state index in [1.54, 1.807) is 0 Å². The summed E-state index contributed by atoms with van der Waals surface area (Å²) < 4.78 is 0. The molecule has 0 aromatic heterocycles. The number of rotatable bonds is 7. The fourth-order valence-electron chi connectivity index (χ4n) is 6.92. The molecule has 0 saturated carbocycles. The number of nitrogens with one attached hydrogen (secondary N) is 1. The number of para-hydroxylation sites is 1. The summed E-state index contributed by atoms with van der Waals surface area (Å²) in [4.78, 5) is 2.44. The van der Waals surface area contributed by atoms with E-state index in [2.05, 4.69) is 167 Å². The molecule has 7 rings (SSSR count). The first kappa shape index (κ1) is 28.0. The highest BCUT2D eigenvalue weighted by molar-refractivity contribution is 6.29. The fourth-order valence-corrected chi connectivity index (χ4v) is 6.92. The van der Waals surface area contributed by atoms with Crippen LogP contribution in [0.15, 0.2) is 115 Å². The highest BCUT2D eigenvalue weighted by atomic mass is 15.1. The van der Waals surface area contributed by atoms with Crippen molar-refractivity contribution in [3.05, 3.63) is 138 Å². The normalized spacial score (nSPS) is 11.8. The zero-order chi connectivity index (χ0) is 30.5. The molecule has 2 heteroatoms. The second-order valence-corrected chi connectivity index (χ2v) is 12.9. The van der Waals surface area contributed by atoms with Gasteiger partial charge < -0.3 is 10.2 Å². The van der Waals surface area contributed by atoms with Crippen molar-refractivity contribution in [1.29, 1.82) is 0 Å². The van der Waals surface area contributed by atoms with Gasteiger partial charge in [0.1, 0.15) is 0 Å². The van der Waals surface area contributed by atoms with Gasteiger partial charge in [-0.05, 0) is 118 Å². The van der Waals surface area contributed by atoms with Crippen molar-refractivity contribution in [3.8, 4) is 0 Å². The van der Waals surface area contributed by atoms with Crippen LogP contribution in [0.2, 0.25) is 0 Å². The van der Waals surface area contributed by atoms with Crippen molar-refractivity contribution in [1.82, 2.24) is 0 Å². The SMILES string of the molecule is Cc1cccc(Nc2cc(C(C)C)c3ccc4c(N(c5ccccc5)c5cccc(C)c5)cc(C(C)C)c5ccc2c3c54)c1. The van der Waals surface area contributed by atoms with Crippen LogP contribution in [0.1, 0.15) is 61.8 Å². The molecular formula is C42H40N2. The average molecular weight is 573 g/mol. The van der Waals surface area contributed by atoms with Gasteiger partial charge in [-0.25, -0.2) is 0 Å². The Hall–Kier alpha value is -4.82. The summed E-state index contributed by atoms with van der Waals surface area (Å²) in [5.74, 6) is 0.748. The number of anilines is 5. The maximum Gasteiger partial charge on any atom is 0.0543 e. The van der Waals surface area contributed by atoms with E-state index in [4.69, 9.17) is 0 Å². The van der Waals surface area contributed by atoms with Crippen molar-refractivity contribution in [2.75, 3.05) is 10.2 Å². The smallest absolute Gasteiger partial charge is 0.0543 e. The molecule has 0 aliphatic rings. The molecule has 0 spiro atoms. The van der Waals surface area contributed by atoms with Gasteiger partial charge in [-0.3, -0.25) is 0 Å². The summed E-state index contributed by atoms with van der Waals surface area (Å²) in [7, 11) is 0. The summed E-state index contributed by atoms with van der Waals surface area (Å²) >= 11 is 0. The molecule has 44 heavy (non-hydrogen) atoms. The van der Waals surface area contributed by atoms with Crippen LogP contribution in [-0.4, -0.2) is 0 Å². The summed E-state index contributed by atoms with van der Waals surface area (Å²) in [5.41, 5.74) is 11.1. The highest BCUT2D eigenvalue weighted by Crippen LogP contribution is 2.49. The van der Waals surface area contributed by atoms with E-state index in [0.29, 0.717) is 11.8 Å². The van der Waals surface area contributed by atoms with E-state index in [9.17, 15) is 0 Å². The molecule has 0 aliphatic carbocycles. The van der Waals surface area contributed by atoms with E-state index in [1.807, 2.05) is 0 Å². The third-order valence-corrected chi connectivity index (χ3v) is 9.00. The Bertz CT molecular complexity index is 2120. The minimum absolute atomic E-state index is 0.364. The van der Waals surface area contributed by atoms with E-state index in [-0.39, 0.29) is 0 Å². The number of benzene rings is 7. The third-order valence-electron chi connectivity index (χ3n) is 9.00. The summed E-state index contributed by atoms with van der Waals surface area (Å²) in [6.07, 6.45) is 0. The van der Waals surface area contributed by atoms with Crippen molar-refractivity contribution in [2.45, 2.75) is 53.4 Å². The predicted octanol–water partition coefficient (Wildman–Crippen LogP) is 12.7. The lowest BCUT2D eigenvalue weighted by molar-refractivity contribution is 0.876. The summed E-state index contributed by atoms with van der Waals surface area (Å²) in [5, 5.41) is 11.7. The Morgan fingerprint density at radius 3 is 1.73 bits per heavy atom. The van der Waals surface area contributed by atoms with Gasteiger partial charge in [0.25, 0.3) is 0 Å². The number of nitrogens with zero attached hydrogens (tertiary/aromatic N) is 1. The monoisotopic (exact) mass is 572 g/mol. The molecule has 0 saturated heterocycles. The lowest BCUT2D eigenvalue weighted by Gasteiger charge is -2.30. The van der Waals surface area contributed by atoms with Crippen molar-refractivity contribution >= 4 is 60.8 Å². The fraction of sp³-hybridized carbons (Fsp3) is 0.190. The number of aryl methyl sites for hydroxylation is 2. The maximum absolute atomic E-state index is 3.82. The zero-order valence-electron chi connectivity index (χ0n) is 26.6. The molecule has 2 nitrogen and oxygen atoms in total. The van der Waals surface area contributed by atoms with Crippen LogP contribution in [0.3, 0.4) is 0 Å². The Morgan fingerprint density at radius 1 is 0.500 bits per heavy atom. The van der Waals surface area contributed by atoms with E-state index in [0.717, 1.165) is 17.1 Å². The van der Waals surface area contributed by atoms with Crippen LogP contribution in [0, 0.1) is 13.8 Å². The lowest BCUT2D eigenvalue weighted by atomic mass is 9.84. The van der Waals surface area contributed by atoms with Crippen molar-refractivity contribution < 1.29 is 0 Å². The standard InChI is InChI=1S/C42H40N2/c1-26(2)37-24-39(43-30-14-10-12-28(5)22-30)35-20-18-34-38(27(3)4)25-40(36-21-19-33(37)41(35)42(34)36)44(31-15-8-7-9-16-31)32-17-11-13-29(6)23-32/h7-27,43H,1-6H3. The van der Waals surface area contributed by atoms with Gasteiger partial charge in [-0.1, -0.05) is 94.4 Å². The van der Waals surface area contributed by atoms with Crippen LogP contribution in [0.5, 0.6) is 0 Å². The molecule has 0 bridgehead atoms. The maximum atomic E-state index is 3.82. The largest absolute Gasteiger partial charge is 0.355 e. The molecule has 0 fully saturated rings. The average Bonchev–Trinajstić information content (AvgIpc) is 3.01. The van der Waals surface area contributed by atoms with Crippen LogP contribution < -0.4 is 10.2 Å². The summed E-state index contributed by atoms with van der Waals surface area (Å²) in [6, 6.07) is 42.6. The van der Waals surface area contributed by atoms with Gasteiger partial charge in [0.05, 0.1) is 5.69 Å². The number of hydrogen-bond acceptors (Lipinski definition) is 2. The minimum atomic E-state index is 0.364. The van der Waals surface area contributed by atoms with Gasteiger partial charge in [-0.2, -0.15) is 0 Å². The van der Waals surface area contributed by atoms with Crippen molar-refractivity contribution in [2.24, 2.45) is 0 Å². The highest BCUT2D eigenvalue weighted by Gasteiger charge is 2.23. The summed E-state index contributed by atoms with van der Waals surface area (Å²) in [6.45, 7) is 13.6. The van der Waals surface area contributed by atoms with Gasteiger partial charge >= 0.3 is 0 Å². The third kappa shape index (κ3) is 4.75. The molecule has 0 radical (unpaired) electrons. The first-order valence-corrected chi connectivity index (χ1v) is 15.8. The van der Waals surface area contributed by atoms with Gasteiger partial charge in [0.15, 0.2) is 0 Å². The second-order valence-electron chi connectivity index (χ2n) is 12.9. The van der Waals surface area contributed by atoms with Crippen molar-refractivity contribution in [3.63, 3.8) is 0 Å². The first-order chi connectivity index (χ1) is 21.3. The quantitative estimate of drug-likeness (QED) is 0.191. The Labute approximate surface area is 261 Å². The topological polar surface area (TPSA) is 15.3 Å². The molecule has 0 amide bonds. The Morgan fingerprint density at radius 2 is 1.07 bits per heavy atom. The van der Waals surface area contributed by atoms with E-state index < -0.39 is 0 Å². The molecule has 218 valence electrons. The number of hydrogen-bond donors (Lipinski definition) is 1. The first-order valence-electron chi connectivity index (χ1n) is 15.8.